The Labute approximate surface area is 128 Å². The summed E-state index contributed by atoms with van der Waals surface area (Å²) in [7, 11) is 0. The fourth-order valence-corrected chi connectivity index (χ4v) is 2.09. The second kappa shape index (κ2) is 7.28. The van der Waals surface area contributed by atoms with Crippen molar-refractivity contribution in [3.05, 3.63) is 64.7 Å². The second-order valence-corrected chi connectivity index (χ2v) is 5.89. The summed E-state index contributed by atoms with van der Waals surface area (Å²) in [6, 6.07) is 15.3. The summed E-state index contributed by atoms with van der Waals surface area (Å²) >= 11 is 0. The molecule has 0 amide bonds. The van der Waals surface area contributed by atoms with Crippen LogP contribution < -0.4 is 10.1 Å². The predicted octanol–water partition coefficient (Wildman–Crippen LogP) is 4.38. The van der Waals surface area contributed by atoms with E-state index in [9.17, 15) is 0 Å². The van der Waals surface area contributed by atoms with Gasteiger partial charge >= 0.3 is 0 Å². The van der Waals surface area contributed by atoms with Crippen molar-refractivity contribution in [2.24, 2.45) is 0 Å². The van der Waals surface area contributed by atoms with Gasteiger partial charge in [-0.3, -0.25) is 0 Å². The van der Waals surface area contributed by atoms with Crippen LogP contribution in [0.3, 0.4) is 0 Å². The number of hydrogen-bond donors (Lipinski definition) is 1. The summed E-state index contributed by atoms with van der Waals surface area (Å²) in [5.41, 5.74) is 5.12. The lowest BCUT2D eigenvalue weighted by Gasteiger charge is -2.10. The maximum atomic E-state index is 5.85. The largest absolute Gasteiger partial charge is 0.489 e. The lowest BCUT2D eigenvalue weighted by atomic mass is 10.1. The number of rotatable bonds is 6. The average molecular weight is 283 g/mol. The van der Waals surface area contributed by atoms with Crippen LogP contribution in [0, 0.1) is 13.8 Å². The summed E-state index contributed by atoms with van der Waals surface area (Å²) in [6.07, 6.45) is 0. The van der Waals surface area contributed by atoms with Gasteiger partial charge in [0.25, 0.3) is 0 Å². The van der Waals surface area contributed by atoms with Crippen LogP contribution in [-0.2, 0) is 13.2 Å². The zero-order valence-corrected chi connectivity index (χ0v) is 13.4. The maximum Gasteiger partial charge on any atom is 0.119 e. The first-order valence-electron chi connectivity index (χ1n) is 7.56. The minimum Gasteiger partial charge on any atom is -0.489 e. The first kappa shape index (κ1) is 15.6. The molecule has 2 heteroatoms. The van der Waals surface area contributed by atoms with E-state index in [-0.39, 0.29) is 0 Å². The zero-order valence-electron chi connectivity index (χ0n) is 13.4. The Hall–Kier alpha value is -1.80. The van der Waals surface area contributed by atoms with Crippen molar-refractivity contribution < 1.29 is 4.74 Å². The molecule has 0 radical (unpaired) electrons. The number of benzene rings is 2. The van der Waals surface area contributed by atoms with Crippen LogP contribution in [0.5, 0.6) is 5.75 Å². The highest BCUT2D eigenvalue weighted by Gasteiger charge is 2.00. The molecule has 0 aliphatic heterocycles. The van der Waals surface area contributed by atoms with Crippen molar-refractivity contribution in [3.8, 4) is 5.75 Å². The molecule has 0 saturated carbocycles. The van der Waals surface area contributed by atoms with E-state index >= 15 is 0 Å². The first-order chi connectivity index (χ1) is 10.0. The third-order valence-corrected chi connectivity index (χ3v) is 3.61. The topological polar surface area (TPSA) is 21.3 Å². The quantitative estimate of drug-likeness (QED) is 0.849. The van der Waals surface area contributed by atoms with Crippen molar-refractivity contribution in [2.75, 3.05) is 0 Å². The SMILES string of the molecule is Cc1ccc(COc2ccc(CNC(C)C)cc2)cc1C. The standard InChI is InChI=1S/C19H25NO/c1-14(2)20-12-17-7-9-19(10-8-17)21-13-18-6-5-15(3)16(4)11-18/h5-11,14,20H,12-13H2,1-4H3. The van der Waals surface area contributed by atoms with E-state index in [1.807, 2.05) is 12.1 Å². The Morgan fingerprint density at radius 2 is 1.57 bits per heavy atom. The van der Waals surface area contributed by atoms with Gasteiger partial charge in [0.2, 0.25) is 0 Å². The van der Waals surface area contributed by atoms with E-state index in [4.69, 9.17) is 4.74 Å². The van der Waals surface area contributed by atoms with Crippen molar-refractivity contribution >= 4 is 0 Å². The molecule has 2 aromatic carbocycles. The maximum absolute atomic E-state index is 5.85. The second-order valence-electron chi connectivity index (χ2n) is 5.89. The Balaban J connectivity index is 1.89. The Morgan fingerprint density at radius 3 is 2.19 bits per heavy atom. The molecule has 2 aromatic rings. The van der Waals surface area contributed by atoms with Crippen LogP contribution >= 0.6 is 0 Å². The van der Waals surface area contributed by atoms with E-state index in [1.165, 1.54) is 22.3 Å². The third-order valence-electron chi connectivity index (χ3n) is 3.61. The Kier molecular flexibility index (Phi) is 5.40. The summed E-state index contributed by atoms with van der Waals surface area (Å²) in [5.74, 6) is 0.918. The summed E-state index contributed by atoms with van der Waals surface area (Å²) in [4.78, 5) is 0. The smallest absolute Gasteiger partial charge is 0.119 e. The van der Waals surface area contributed by atoms with E-state index < -0.39 is 0 Å². The van der Waals surface area contributed by atoms with E-state index in [0.29, 0.717) is 12.6 Å². The highest BCUT2D eigenvalue weighted by Crippen LogP contribution is 2.16. The summed E-state index contributed by atoms with van der Waals surface area (Å²) in [5, 5.41) is 3.41. The van der Waals surface area contributed by atoms with E-state index in [0.717, 1.165) is 12.3 Å². The van der Waals surface area contributed by atoms with Crippen LogP contribution in [-0.4, -0.2) is 6.04 Å². The lowest BCUT2D eigenvalue weighted by Crippen LogP contribution is -2.21. The normalized spacial score (nSPS) is 10.9. The molecule has 0 heterocycles. The van der Waals surface area contributed by atoms with Crippen LogP contribution in [0.2, 0.25) is 0 Å². The van der Waals surface area contributed by atoms with Crippen LogP contribution in [0.1, 0.15) is 36.1 Å². The van der Waals surface area contributed by atoms with Gasteiger partial charge in [0.1, 0.15) is 12.4 Å². The first-order valence-corrected chi connectivity index (χ1v) is 7.56. The molecule has 0 saturated heterocycles. The molecule has 0 spiro atoms. The predicted molar refractivity (Wildman–Crippen MR) is 88.7 cm³/mol. The number of nitrogens with one attached hydrogen (secondary N) is 1. The van der Waals surface area contributed by atoms with Crippen molar-refractivity contribution in [3.63, 3.8) is 0 Å². The van der Waals surface area contributed by atoms with Gasteiger partial charge in [-0.05, 0) is 48.2 Å². The fourth-order valence-electron chi connectivity index (χ4n) is 2.09. The van der Waals surface area contributed by atoms with Gasteiger partial charge in [0.15, 0.2) is 0 Å². The highest BCUT2D eigenvalue weighted by atomic mass is 16.5. The molecule has 0 atom stereocenters. The molecular weight excluding hydrogens is 258 g/mol. The number of ether oxygens (including phenoxy) is 1. The molecule has 2 rings (SSSR count). The molecule has 0 aromatic heterocycles. The van der Waals surface area contributed by atoms with Crippen molar-refractivity contribution in [2.45, 2.75) is 46.9 Å². The molecule has 0 aliphatic rings. The molecule has 2 nitrogen and oxygen atoms in total. The monoisotopic (exact) mass is 283 g/mol. The Bertz CT molecular complexity index is 573. The molecule has 1 N–H and O–H groups in total. The molecule has 21 heavy (non-hydrogen) atoms. The molecule has 0 unspecified atom stereocenters. The van der Waals surface area contributed by atoms with Gasteiger partial charge in [-0.2, -0.15) is 0 Å². The van der Waals surface area contributed by atoms with Gasteiger partial charge in [0.05, 0.1) is 0 Å². The van der Waals surface area contributed by atoms with Crippen molar-refractivity contribution in [1.82, 2.24) is 5.32 Å². The molecule has 0 bridgehead atoms. The van der Waals surface area contributed by atoms with Gasteiger partial charge < -0.3 is 10.1 Å². The van der Waals surface area contributed by atoms with E-state index in [1.54, 1.807) is 0 Å². The van der Waals surface area contributed by atoms with E-state index in [2.05, 4.69) is 63.3 Å². The van der Waals surface area contributed by atoms with Crippen molar-refractivity contribution in [1.29, 1.82) is 0 Å². The zero-order chi connectivity index (χ0) is 15.2. The minimum atomic E-state index is 0.505. The fraction of sp³-hybridized carbons (Fsp3) is 0.368. The van der Waals surface area contributed by atoms with Gasteiger partial charge in [0, 0.05) is 12.6 Å². The van der Waals surface area contributed by atoms with Crippen LogP contribution in [0.25, 0.3) is 0 Å². The van der Waals surface area contributed by atoms with Gasteiger partial charge in [-0.25, -0.2) is 0 Å². The summed E-state index contributed by atoms with van der Waals surface area (Å²) in [6.45, 7) is 10.1. The molecular formula is C19H25NO. The molecule has 0 fully saturated rings. The number of hydrogen-bond acceptors (Lipinski definition) is 2. The summed E-state index contributed by atoms with van der Waals surface area (Å²) < 4.78 is 5.85. The third kappa shape index (κ3) is 4.91. The average Bonchev–Trinajstić information content (AvgIpc) is 2.47. The van der Waals surface area contributed by atoms with Gasteiger partial charge in [-0.15, -0.1) is 0 Å². The molecule has 0 aliphatic carbocycles. The minimum absolute atomic E-state index is 0.505. The van der Waals surface area contributed by atoms with Crippen LogP contribution in [0.4, 0.5) is 0 Å². The number of aryl methyl sites for hydroxylation is 2. The lowest BCUT2D eigenvalue weighted by molar-refractivity contribution is 0.306. The highest BCUT2D eigenvalue weighted by molar-refractivity contribution is 5.31. The molecule has 112 valence electrons. The Morgan fingerprint density at radius 1 is 0.905 bits per heavy atom. The van der Waals surface area contributed by atoms with Gasteiger partial charge in [-0.1, -0.05) is 44.2 Å². The van der Waals surface area contributed by atoms with Crippen LogP contribution in [0.15, 0.2) is 42.5 Å².